The second-order valence-corrected chi connectivity index (χ2v) is 6.33. The number of fused-ring (bicyclic) bond motifs is 2. The van der Waals surface area contributed by atoms with E-state index in [9.17, 15) is 4.79 Å². The summed E-state index contributed by atoms with van der Waals surface area (Å²) in [6.07, 6.45) is 5.64. The molecule has 0 bridgehead atoms. The molecule has 0 atom stereocenters. The quantitative estimate of drug-likeness (QED) is 0.696. The maximum atomic E-state index is 12.4. The summed E-state index contributed by atoms with van der Waals surface area (Å²) in [6.45, 7) is 1.93. The minimum Gasteiger partial charge on any atom is -0.289 e. The predicted molar refractivity (Wildman–Crippen MR) is 98.9 cm³/mol. The summed E-state index contributed by atoms with van der Waals surface area (Å²) in [6, 6.07) is 15.4. The van der Waals surface area contributed by atoms with Crippen LogP contribution in [-0.4, -0.2) is 11.5 Å². The third-order valence-electron chi connectivity index (χ3n) is 4.11. The van der Waals surface area contributed by atoms with Gasteiger partial charge in [0, 0.05) is 21.7 Å². The molecule has 0 saturated heterocycles. The normalized spacial score (nSPS) is 17.7. The molecule has 0 aliphatic heterocycles. The standard InChI is InChI=1S/C21H14ClNO/c1-13-9-19-18(20(24)10-13)11-14-5-2-3-8-17(14)21(19)23-16-7-4-6-15(22)12-16/h2-12H,1H3. The fourth-order valence-corrected chi connectivity index (χ4v) is 3.23. The van der Waals surface area contributed by atoms with Gasteiger partial charge in [0.05, 0.1) is 11.4 Å². The van der Waals surface area contributed by atoms with Crippen LogP contribution in [-0.2, 0) is 4.79 Å². The largest absolute Gasteiger partial charge is 0.289 e. The van der Waals surface area contributed by atoms with E-state index in [1.165, 1.54) is 0 Å². The SMILES string of the molecule is CC1=CC(=O)C2=Cc3ccccc3C(=Nc3cccc(Cl)c3)C2=C1. The molecule has 0 radical (unpaired) electrons. The van der Waals surface area contributed by atoms with Crippen molar-refractivity contribution in [2.75, 3.05) is 0 Å². The predicted octanol–water partition coefficient (Wildman–Crippen LogP) is 5.31. The summed E-state index contributed by atoms with van der Waals surface area (Å²) < 4.78 is 0. The van der Waals surface area contributed by atoms with Crippen molar-refractivity contribution in [3.8, 4) is 0 Å². The molecular formula is C21H14ClNO. The van der Waals surface area contributed by atoms with Crippen LogP contribution in [0.3, 0.4) is 0 Å². The molecule has 116 valence electrons. The number of nitrogens with zero attached hydrogens (tertiary/aromatic N) is 1. The summed E-state index contributed by atoms with van der Waals surface area (Å²) in [5.41, 5.74) is 6.12. The fourth-order valence-electron chi connectivity index (χ4n) is 3.04. The number of allylic oxidation sites excluding steroid dienone is 5. The van der Waals surface area contributed by atoms with Crippen molar-refractivity contribution in [3.05, 3.63) is 93.6 Å². The molecule has 2 aliphatic rings. The molecule has 2 aromatic rings. The number of ketones is 1. The maximum absolute atomic E-state index is 12.4. The Labute approximate surface area is 145 Å². The van der Waals surface area contributed by atoms with E-state index >= 15 is 0 Å². The number of aliphatic imine (C=N–C) groups is 1. The Bertz CT molecular complexity index is 992. The average Bonchev–Trinajstić information content (AvgIpc) is 2.56. The lowest BCUT2D eigenvalue weighted by Crippen LogP contribution is -2.20. The molecule has 0 heterocycles. The van der Waals surface area contributed by atoms with E-state index in [1.54, 1.807) is 6.08 Å². The van der Waals surface area contributed by atoms with Crippen LogP contribution in [0, 0.1) is 0 Å². The fraction of sp³-hybridized carbons (Fsp3) is 0.0476. The van der Waals surface area contributed by atoms with Gasteiger partial charge in [0.25, 0.3) is 0 Å². The number of hydrogen-bond donors (Lipinski definition) is 0. The van der Waals surface area contributed by atoms with Crippen molar-refractivity contribution in [1.82, 2.24) is 0 Å². The highest BCUT2D eigenvalue weighted by Crippen LogP contribution is 2.34. The van der Waals surface area contributed by atoms with Crippen LogP contribution in [0.1, 0.15) is 18.1 Å². The van der Waals surface area contributed by atoms with E-state index in [2.05, 4.69) is 0 Å². The highest BCUT2D eigenvalue weighted by Gasteiger charge is 2.27. The Morgan fingerprint density at radius 3 is 2.58 bits per heavy atom. The molecule has 24 heavy (non-hydrogen) atoms. The Morgan fingerprint density at radius 1 is 0.917 bits per heavy atom. The molecule has 0 saturated carbocycles. The third kappa shape index (κ3) is 2.55. The minimum absolute atomic E-state index is 0.0262. The Hall–Kier alpha value is -2.71. The average molecular weight is 332 g/mol. The number of carbonyl (C=O) groups excluding carboxylic acids is 1. The number of benzene rings is 2. The van der Waals surface area contributed by atoms with Crippen LogP contribution in [0.15, 0.2) is 82.4 Å². The van der Waals surface area contributed by atoms with Gasteiger partial charge in [-0.2, -0.15) is 0 Å². The summed E-state index contributed by atoms with van der Waals surface area (Å²) in [5.74, 6) is 0.0262. The van der Waals surface area contributed by atoms with Gasteiger partial charge in [-0.3, -0.25) is 4.79 Å². The van der Waals surface area contributed by atoms with Crippen molar-refractivity contribution >= 4 is 34.9 Å². The molecule has 0 fully saturated rings. The zero-order chi connectivity index (χ0) is 16.7. The topological polar surface area (TPSA) is 29.4 Å². The number of rotatable bonds is 1. The number of halogens is 1. The van der Waals surface area contributed by atoms with E-state index in [1.807, 2.05) is 67.6 Å². The van der Waals surface area contributed by atoms with Crippen molar-refractivity contribution < 1.29 is 4.79 Å². The van der Waals surface area contributed by atoms with Gasteiger partial charge in [0.1, 0.15) is 0 Å². The Morgan fingerprint density at radius 2 is 1.75 bits per heavy atom. The molecule has 2 nitrogen and oxygen atoms in total. The first-order valence-corrected chi connectivity index (χ1v) is 8.10. The molecule has 0 N–H and O–H groups in total. The highest BCUT2D eigenvalue weighted by atomic mass is 35.5. The van der Waals surface area contributed by atoms with Crippen LogP contribution in [0.4, 0.5) is 5.69 Å². The molecule has 2 aromatic carbocycles. The number of carbonyl (C=O) groups is 1. The van der Waals surface area contributed by atoms with Crippen LogP contribution >= 0.6 is 11.6 Å². The Balaban J connectivity index is 1.98. The summed E-state index contributed by atoms with van der Waals surface area (Å²) in [5, 5.41) is 0.640. The summed E-state index contributed by atoms with van der Waals surface area (Å²) in [7, 11) is 0. The van der Waals surface area contributed by atoms with Crippen LogP contribution in [0.25, 0.3) is 6.08 Å². The maximum Gasteiger partial charge on any atom is 0.186 e. The monoisotopic (exact) mass is 331 g/mol. The van der Waals surface area contributed by atoms with Crippen LogP contribution in [0.2, 0.25) is 5.02 Å². The van der Waals surface area contributed by atoms with E-state index in [0.717, 1.165) is 33.7 Å². The second-order valence-electron chi connectivity index (χ2n) is 5.90. The van der Waals surface area contributed by atoms with Gasteiger partial charge >= 0.3 is 0 Å². The first kappa shape index (κ1) is 14.9. The lowest BCUT2D eigenvalue weighted by molar-refractivity contribution is -0.111. The minimum atomic E-state index is 0.0262. The van der Waals surface area contributed by atoms with Gasteiger partial charge in [-0.1, -0.05) is 41.9 Å². The zero-order valence-corrected chi connectivity index (χ0v) is 13.8. The van der Waals surface area contributed by atoms with E-state index in [0.29, 0.717) is 10.6 Å². The van der Waals surface area contributed by atoms with Gasteiger partial charge < -0.3 is 0 Å². The molecule has 0 spiro atoms. The van der Waals surface area contributed by atoms with Crippen molar-refractivity contribution in [2.45, 2.75) is 6.92 Å². The first-order valence-electron chi connectivity index (χ1n) is 7.72. The van der Waals surface area contributed by atoms with E-state index < -0.39 is 0 Å². The molecule has 0 unspecified atom stereocenters. The molecule has 2 aliphatic carbocycles. The second kappa shape index (κ2) is 5.73. The van der Waals surface area contributed by atoms with Gasteiger partial charge in [-0.15, -0.1) is 0 Å². The first-order chi connectivity index (χ1) is 11.6. The summed E-state index contributed by atoms with van der Waals surface area (Å²) >= 11 is 6.09. The Kier molecular flexibility index (Phi) is 3.55. The molecular weight excluding hydrogens is 318 g/mol. The van der Waals surface area contributed by atoms with Crippen LogP contribution in [0.5, 0.6) is 0 Å². The third-order valence-corrected chi connectivity index (χ3v) is 4.34. The van der Waals surface area contributed by atoms with Crippen LogP contribution < -0.4 is 0 Å². The van der Waals surface area contributed by atoms with Gasteiger partial charge in [0.15, 0.2) is 5.78 Å². The number of hydrogen-bond acceptors (Lipinski definition) is 2. The smallest absolute Gasteiger partial charge is 0.186 e. The molecule has 3 heteroatoms. The van der Waals surface area contributed by atoms with E-state index in [-0.39, 0.29) is 5.78 Å². The summed E-state index contributed by atoms with van der Waals surface area (Å²) in [4.78, 5) is 17.3. The van der Waals surface area contributed by atoms with Gasteiger partial charge in [-0.25, -0.2) is 4.99 Å². The van der Waals surface area contributed by atoms with Crippen molar-refractivity contribution in [1.29, 1.82) is 0 Å². The van der Waals surface area contributed by atoms with Crippen molar-refractivity contribution in [2.24, 2.45) is 4.99 Å². The highest BCUT2D eigenvalue weighted by molar-refractivity contribution is 6.31. The zero-order valence-electron chi connectivity index (χ0n) is 13.1. The van der Waals surface area contributed by atoms with E-state index in [4.69, 9.17) is 16.6 Å². The van der Waals surface area contributed by atoms with Gasteiger partial charge in [0.2, 0.25) is 0 Å². The molecule has 4 rings (SSSR count). The lowest BCUT2D eigenvalue weighted by atomic mass is 9.81. The van der Waals surface area contributed by atoms with Crippen molar-refractivity contribution in [3.63, 3.8) is 0 Å². The van der Waals surface area contributed by atoms with Gasteiger partial charge in [-0.05, 0) is 54.5 Å². The molecule has 0 amide bonds. The lowest BCUT2D eigenvalue weighted by Gasteiger charge is -2.23. The molecule has 0 aromatic heterocycles.